The zero-order valence-corrected chi connectivity index (χ0v) is 18.7. The van der Waals surface area contributed by atoms with Gasteiger partial charge in [-0.2, -0.15) is 0 Å². The maximum atomic E-state index is 11.8. The number of nitrogens with one attached hydrogen (secondary N) is 1. The van der Waals surface area contributed by atoms with Gasteiger partial charge in [0.25, 0.3) is 5.91 Å². The molecule has 2 heterocycles. The first-order valence-corrected chi connectivity index (χ1v) is 10.7. The molecule has 8 heteroatoms. The average Bonchev–Trinajstić information content (AvgIpc) is 3.25. The normalized spacial score (nSPS) is 15.2. The number of ether oxygens (including phenoxy) is 2. The number of primary amides is 1. The maximum Gasteiger partial charge on any atom is 0.286 e. The molecule has 2 aromatic carbocycles. The van der Waals surface area contributed by atoms with E-state index in [0.717, 1.165) is 28.0 Å². The highest BCUT2D eigenvalue weighted by molar-refractivity contribution is 6.38. The van der Waals surface area contributed by atoms with Gasteiger partial charge >= 0.3 is 0 Å². The van der Waals surface area contributed by atoms with Gasteiger partial charge in [-0.25, -0.2) is 9.99 Å². The zero-order chi connectivity index (χ0) is 23.2. The van der Waals surface area contributed by atoms with Crippen LogP contribution >= 0.6 is 0 Å². The summed E-state index contributed by atoms with van der Waals surface area (Å²) in [6, 6.07) is 19.8. The van der Waals surface area contributed by atoms with Crippen LogP contribution in [0.25, 0.3) is 11.1 Å². The molecule has 0 aliphatic carbocycles. The van der Waals surface area contributed by atoms with Crippen molar-refractivity contribution in [2.24, 2.45) is 10.8 Å². The van der Waals surface area contributed by atoms with Gasteiger partial charge in [0.1, 0.15) is 18.5 Å². The van der Waals surface area contributed by atoms with Crippen molar-refractivity contribution in [1.29, 1.82) is 0 Å². The lowest BCUT2D eigenvalue weighted by Crippen LogP contribution is -2.43. The topological polar surface area (TPSA) is 102 Å². The monoisotopic (exact) mass is 445 g/mol. The van der Waals surface area contributed by atoms with Crippen molar-refractivity contribution in [2.45, 2.75) is 19.5 Å². The van der Waals surface area contributed by atoms with E-state index in [2.05, 4.69) is 15.4 Å². The summed E-state index contributed by atoms with van der Waals surface area (Å²) in [4.78, 5) is 16.3. The predicted octanol–water partition coefficient (Wildman–Crippen LogP) is 2.86. The number of hydrazone groups is 1. The van der Waals surface area contributed by atoms with Gasteiger partial charge in [0.2, 0.25) is 5.84 Å². The van der Waals surface area contributed by atoms with Crippen LogP contribution in [0, 0.1) is 6.92 Å². The largest absolute Gasteiger partial charge is 0.491 e. The van der Waals surface area contributed by atoms with E-state index in [1.807, 2.05) is 67.6 Å². The van der Waals surface area contributed by atoms with Crippen molar-refractivity contribution in [3.05, 3.63) is 78.0 Å². The van der Waals surface area contributed by atoms with E-state index in [-0.39, 0.29) is 12.0 Å². The van der Waals surface area contributed by atoms with Crippen molar-refractivity contribution in [3.63, 3.8) is 0 Å². The van der Waals surface area contributed by atoms with E-state index in [1.54, 1.807) is 18.3 Å². The van der Waals surface area contributed by atoms with Crippen molar-refractivity contribution in [3.8, 4) is 16.9 Å². The SMILES string of the molecule is COCCOc1cccc(-c2ccnc(N3N=C(C(N)=O)NC3Cc3ccccc3)c2)c1C. The summed E-state index contributed by atoms with van der Waals surface area (Å²) in [5.74, 6) is 0.931. The van der Waals surface area contributed by atoms with E-state index in [1.165, 1.54) is 0 Å². The number of benzene rings is 2. The van der Waals surface area contributed by atoms with Gasteiger partial charge in [-0.1, -0.05) is 42.5 Å². The highest BCUT2D eigenvalue weighted by Crippen LogP contribution is 2.32. The Bertz CT molecular complexity index is 1150. The molecule has 170 valence electrons. The number of hydrogen-bond donors (Lipinski definition) is 2. The Labute approximate surface area is 193 Å². The van der Waals surface area contributed by atoms with E-state index in [4.69, 9.17) is 15.2 Å². The number of rotatable bonds is 9. The molecule has 1 amide bonds. The van der Waals surface area contributed by atoms with E-state index < -0.39 is 5.91 Å². The minimum atomic E-state index is -0.608. The summed E-state index contributed by atoms with van der Waals surface area (Å²) in [6.45, 7) is 3.03. The molecule has 8 nitrogen and oxygen atoms in total. The molecule has 1 atom stereocenters. The smallest absolute Gasteiger partial charge is 0.286 e. The number of carbonyl (C=O) groups excluding carboxylic acids is 1. The summed E-state index contributed by atoms with van der Waals surface area (Å²) >= 11 is 0. The molecule has 1 aliphatic heterocycles. The Balaban J connectivity index is 1.64. The fraction of sp³-hybridized carbons (Fsp3) is 0.240. The molecule has 0 saturated heterocycles. The van der Waals surface area contributed by atoms with Crippen LogP contribution < -0.4 is 20.8 Å². The van der Waals surface area contributed by atoms with Crippen molar-refractivity contribution < 1.29 is 14.3 Å². The number of hydrogen-bond acceptors (Lipinski definition) is 7. The quantitative estimate of drug-likeness (QED) is 0.491. The number of pyridine rings is 1. The molecule has 0 spiro atoms. The summed E-state index contributed by atoms with van der Waals surface area (Å²) < 4.78 is 10.9. The van der Waals surface area contributed by atoms with Gasteiger partial charge < -0.3 is 20.5 Å². The first-order valence-electron chi connectivity index (χ1n) is 10.7. The highest BCUT2D eigenvalue weighted by Gasteiger charge is 2.30. The van der Waals surface area contributed by atoms with Crippen LogP contribution in [0.1, 0.15) is 11.1 Å². The first-order chi connectivity index (χ1) is 16.1. The Morgan fingerprint density at radius 2 is 1.94 bits per heavy atom. The Morgan fingerprint density at radius 1 is 1.12 bits per heavy atom. The molecule has 3 aromatic rings. The lowest BCUT2D eigenvalue weighted by Gasteiger charge is -2.23. The first kappa shape index (κ1) is 22.3. The van der Waals surface area contributed by atoms with Gasteiger partial charge in [-0.05, 0) is 47.4 Å². The average molecular weight is 446 g/mol. The number of anilines is 1. The van der Waals surface area contributed by atoms with Crippen molar-refractivity contribution in [1.82, 2.24) is 10.3 Å². The van der Waals surface area contributed by atoms with Crippen LogP contribution in [-0.4, -0.2) is 43.2 Å². The molecule has 33 heavy (non-hydrogen) atoms. The number of methoxy groups -OCH3 is 1. The summed E-state index contributed by atoms with van der Waals surface area (Å²) in [7, 11) is 1.65. The standard InChI is InChI=1S/C25H27N5O3/c1-17-20(9-6-10-21(17)33-14-13-32-2)19-11-12-27-22(16-19)30-23(28-25(29-30)24(26)31)15-18-7-4-3-5-8-18/h3-12,16,23H,13-15H2,1-2H3,(H2,26,31)(H,28,29). The van der Waals surface area contributed by atoms with E-state index in [0.29, 0.717) is 25.5 Å². The van der Waals surface area contributed by atoms with Gasteiger partial charge in [0.15, 0.2) is 5.82 Å². The van der Waals surface area contributed by atoms with Crippen LogP contribution in [0.15, 0.2) is 72.0 Å². The second kappa shape index (κ2) is 10.1. The number of nitrogens with zero attached hydrogens (tertiary/aromatic N) is 3. The van der Waals surface area contributed by atoms with Crippen LogP contribution in [0.2, 0.25) is 0 Å². The number of nitrogens with two attached hydrogens (primary N) is 1. The minimum Gasteiger partial charge on any atom is -0.491 e. The summed E-state index contributed by atoms with van der Waals surface area (Å²) in [6.07, 6.45) is 2.07. The summed E-state index contributed by atoms with van der Waals surface area (Å²) in [5.41, 5.74) is 9.62. The molecule has 4 rings (SSSR count). The number of aromatic nitrogens is 1. The fourth-order valence-electron chi connectivity index (χ4n) is 3.76. The lowest BCUT2D eigenvalue weighted by molar-refractivity contribution is -0.112. The molecule has 3 N–H and O–H groups in total. The Morgan fingerprint density at radius 3 is 2.70 bits per heavy atom. The Hall–Kier alpha value is -3.91. The summed E-state index contributed by atoms with van der Waals surface area (Å²) in [5, 5.41) is 9.26. The second-order valence-corrected chi connectivity index (χ2v) is 7.68. The molecule has 0 bridgehead atoms. The van der Waals surface area contributed by atoms with Gasteiger partial charge in [-0.15, -0.1) is 5.10 Å². The zero-order valence-electron chi connectivity index (χ0n) is 18.7. The van der Waals surface area contributed by atoms with Crippen LogP contribution in [0.5, 0.6) is 5.75 Å². The van der Waals surface area contributed by atoms with Crippen LogP contribution in [0.4, 0.5) is 5.82 Å². The molecule has 1 unspecified atom stereocenters. The van der Waals surface area contributed by atoms with Crippen LogP contribution in [-0.2, 0) is 16.0 Å². The van der Waals surface area contributed by atoms with Gasteiger partial charge in [0, 0.05) is 19.7 Å². The van der Waals surface area contributed by atoms with Crippen molar-refractivity contribution in [2.75, 3.05) is 25.3 Å². The third-order valence-corrected chi connectivity index (χ3v) is 5.43. The maximum absolute atomic E-state index is 11.8. The molecule has 1 aromatic heterocycles. The second-order valence-electron chi connectivity index (χ2n) is 7.68. The van der Waals surface area contributed by atoms with Gasteiger partial charge in [-0.3, -0.25) is 4.79 Å². The third-order valence-electron chi connectivity index (χ3n) is 5.43. The third kappa shape index (κ3) is 5.12. The Kier molecular flexibility index (Phi) is 6.85. The molecule has 0 fully saturated rings. The molecule has 1 aliphatic rings. The lowest BCUT2D eigenvalue weighted by atomic mass is 10.0. The molecule has 0 radical (unpaired) electrons. The highest BCUT2D eigenvalue weighted by atomic mass is 16.5. The van der Waals surface area contributed by atoms with E-state index in [9.17, 15) is 4.79 Å². The fourth-order valence-corrected chi connectivity index (χ4v) is 3.76. The van der Waals surface area contributed by atoms with Gasteiger partial charge in [0.05, 0.1) is 6.61 Å². The minimum absolute atomic E-state index is 0.118. The molecular formula is C25H27N5O3. The number of amidine groups is 1. The van der Waals surface area contributed by atoms with Crippen molar-refractivity contribution >= 4 is 17.6 Å². The predicted molar refractivity (Wildman–Crippen MR) is 128 cm³/mol. The number of carbonyl (C=O) groups is 1. The van der Waals surface area contributed by atoms with E-state index >= 15 is 0 Å². The number of amides is 1. The van der Waals surface area contributed by atoms with Crippen LogP contribution in [0.3, 0.4) is 0 Å². The molecular weight excluding hydrogens is 418 g/mol. The molecule has 0 saturated carbocycles.